The van der Waals surface area contributed by atoms with Gasteiger partial charge in [-0.05, 0) is 86.6 Å². The number of aliphatic imine (C=N–C) groups is 1. The summed E-state index contributed by atoms with van der Waals surface area (Å²) in [5.41, 5.74) is 5.35. The van der Waals surface area contributed by atoms with Crippen LogP contribution in [0, 0.1) is 30.9 Å². The van der Waals surface area contributed by atoms with Crippen molar-refractivity contribution < 1.29 is 9.72 Å². The van der Waals surface area contributed by atoms with Gasteiger partial charge in [0, 0.05) is 11.0 Å². The third-order valence-electron chi connectivity index (χ3n) is 6.08. The summed E-state index contributed by atoms with van der Waals surface area (Å²) in [5, 5.41) is 12.5. The highest BCUT2D eigenvalue weighted by molar-refractivity contribution is 8.19. The molecule has 1 amide bonds. The van der Waals surface area contributed by atoms with Gasteiger partial charge >= 0.3 is 0 Å². The summed E-state index contributed by atoms with van der Waals surface area (Å²) in [6, 6.07) is 28.4. The van der Waals surface area contributed by atoms with Gasteiger partial charge in [0.15, 0.2) is 5.17 Å². The number of carbonyl (C=O) groups excluding carboxylic acids is 1. The number of anilines is 1. The molecule has 6 nitrogen and oxygen atoms in total. The Morgan fingerprint density at radius 1 is 0.846 bits per heavy atom. The molecule has 0 N–H and O–H groups in total. The van der Waals surface area contributed by atoms with E-state index in [-0.39, 0.29) is 16.5 Å². The van der Waals surface area contributed by atoms with E-state index in [9.17, 15) is 14.9 Å². The van der Waals surface area contributed by atoms with Crippen LogP contribution in [0.5, 0.6) is 0 Å². The zero-order valence-electron chi connectivity index (χ0n) is 21.6. The topological polar surface area (TPSA) is 75.8 Å². The Morgan fingerprint density at radius 2 is 1.44 bits per heavy atom. The Hall–Kier alpha value is -4.14. The van der Waals surface area contributed by atoms with Crippen LogP contribution in [-0.4, -0.2) is 16.0 Å². The van der Waals surface area contributed by atoms with Crippen molar-refractivity contribution in [3.63, 3.8) is 0 Å². The Kier molecular flexibility index (Phi) is 7.67. The summed E-state index contributed by atoms with van der Waals surface area (Å²) in [4.78, 5) is 33.4. The van der Waals surface area contributed by atoms with E-state index in [2.05, 4.69) is 0 Å². The predicted octanol–water partition coefficient (Wildman–Crippen LogP) is 8.48. The zero-order valence-corrected chi connectivity index (χ0v) is 23.3. The molecule has 4 aromatic rings. The molecule has 0 bridgehead atoms. The van der Waals surface area contributed by atoms with Crippen LogP contribution in [-0.2, 0) is 4.79 Å². The van der Waals surface area contributed by atoms with Crippen LogP contribution < -0.4 is 4.90 Å². The average Bonchev–Trinajstić information content (AvgIpc) is 3.22. The van der Waals surface area contributed by atoms with E-state index in [4.69, 9.17) is 4.99 Å². The molecule has 8 heteroatoms. The van der Waals surface area contributed by atoms with Crippen LogP contribution in [0.4, 0.5) is 17.1 Å². The molecule has 0 spiro atoms. The fourth-order valence-corrected chi connectivity index (χ4v) is 5.84. The molecule has 1 aliphatic heterocycles. The highest BCUT2D eigenvalue weighted by Gasteiger charge is 2.35. The van der Waals surface area contributed by atoms with Crippen molar-refractivity contribution in [3.05, 3.63) is 128 Å². The van der Waals surface area contributed by atoms with E-state index < -0.39 is 0 Å². The van der Waals surface area contributed by atoms with E-state index in [0.29, 0.717) is 26.2 Å². The minimum atomic E-state index is -0.384. The Balaban J connectivity index is 1.50. The van der Waals surface area contributed by atoms with Crippen molar-refractivity contribution in [2.75, 3.05) is 4.90 Å². The Bertz CT molecular complexity index is 1610. The highest BCUT2D eigenvalue weighted by Crippen LogP contribution is 2.39. The van der Waals surface area contributed by atoms with Gasteiger partial charge in [0.2, 0.25) is 0 Å². The smallest absolute Gasteiger partial charge is 0.268 e. The zero-order chi connectivity index (χ0) is 27.5. The maximum absolute atomic E-state index is 13.6. The summed E-state index contributed by atoms with van der Waals surface area (Å²) in [7, 11) is 0. The molecule has 0 aromatic heterocycles. The number of amides is 1. The summed E-state index contributed by atoms with van der Waals surface area (Å²) in [6.45, 7) is 6.00. The molecule has 4 aromatic carbocycles. The van der Waals surface area contributed by atoms with E-state index >= 15 is 0 Å². The Labute approximate surface area is 235 Å². The van der Waals surface area contributed by atoms with Crippen molar-refractivity contribution in [1.82, 2.24) is 0 Å². The number of benzene rings is 4. The van der Waals surface area contributed by atoms with Crippen LogP contribution in [0.15, 0.2) is 111 Å². The molecule has 0 atom stereocenters. The van der Waals surface area contributed by atoms with Gasteiger partial charge in [-0.15, -0.1) is 0 Å². The number of carbonyl (C=O) groups is 1. The summed E-state index contributed by atoms with van der Waals surface area (Å²) in [6.07, 6.45) is 1.69. The standard InChI is InChI=1S/C31H25N3O3S2/c1-20-4-11-24(12-5-20)32-31-33(25-13-6-21(2)7-14-25)30(35)29(39-31)19-23-10-17-28(27(18-23)34(36)37)38-26-15-8-22(3)9-16-26/h4-19H,1-3H3/b29-19-,32-31?. The number of rotatable bonds is 6. The van der Waals surface area contributed by atoms with Gasteiger partial charge in [0.1, 0.15) is 0 Å². The maximum Gasteiger partial charge on any atom is 0.283 e. The number of nitrogens with zero attached hydrogens (tertiary/aromatic N) is 3. The normalized spacial score (nSPS) is 15.4. The van der Waals surface area contributed by atoms with Crippen molar-refractivity contribution in [3.8, 4) is 0 Å². The summed E-state index contributed by atoms with van der Waals surface area (Å²) in [5.74, 6) is -0.226. The van der Waals surface area contributed by atoms with Gasteiger partial charge in [-0.3, -0.25) is 19.8 Å². The molecule has 0 unspecified atom stereocenters. The van der Waals surface area contributed by atoms with Gasteiger partial charge in [0.25, 0.3) is 11.6 Å². The second-order valence-corrected chi connectivity index (χ2v) is 11.3. The molecule has 1 saturated heterocycles. The first-order valence-corrected chi connectivity index (χ1v) is 13.9. The average molecular weight is 552 g/mol. The van der Waals surface area contributed by atoms with Crippen LogP contribution in [0.3, 0.4) is 0 Å². The van der Waals surface area contributed by atoms with E-state index in [1.807, 2.05) is 93.6 Å². The lowest BCUT2D eigenvalue weighted by atomic mass is 10.1. The lowest BCUT2D eigenvalue weighted by molar-refractivity contribution is -0.387. The molecule has 0 aliphatic carbocycles. The fourth-order valence-electron chi connectivity index (χ4n) is 3.94. The minimum Gasteiger partial charge on any atom is -0.268 e. The van der Waals surface area contributed by atoms with Gasteiger partial charge in [0.05, 0.1) is 26.1 Å². The van der Waals surface area contributed by atoms with Crippen LogP contribution in [0.25, 0.3) is 6.08 Å². The van der Waals surface area contributed by atoms with Crippen molar-refractivity contribution in [2.24, 2.45) is 4.99 Å². The molecule has 0 radical (unpaired) electrons. The number of nitro groups is 1. The number of thioether (sulfide) groups is 1. The monoisotopic (exact) mass is 551 g/mol. The third kappa shape index (κ3) is 6.13. The van der Waals surface area contributed by atoms with Crippen LogP contribution >= 0.6 is 23.5 Å². The number of amidine groups is 1. The Morgan fingerprint density at radius 3 is 2.05 bits per heavy atom. The molecule has 5 rings (SSSR count). The molecular weight excluding hydrogens is 526 g/mol. The van der Waals surface area contributed by atoms with E-state index in [1.54, 1.807) is 23.1 Å². The summed E-state index contributed by atoms with van der Waals surface area (Å²) < 4.78 is 0. The molecule has 39 heavy (non-hydrogen) atoms. The number of nitro benzene ring substituents is 1. The largest absolute Gasteiger partial charge is 0.283 e. The second-order valence-electron chi connectivity index (χ2n) is 9.22. The van der Waals surface area contributed by atoms with Gasteiger partial charge < -0.3 is 0 Å². The first-order chi connectivity index (χ1) is 18.8. The van der Waals surface area contributed by atoms with Crippen molar-refractivity contribution in [2.45, 2.75) is 30.6 Å². The second kappa shape index (κ2) is 11.3. The lowest BCUT2D eigenvalue weighted by Gasteiger charge is -2.16. The molecule has 1 fully saturated rings. The van der Waals surface area contributed by atoms with Gasteiger partial charge in [-0.1, -0.05) is 70.9 Å². The number of aryl methyl sites for hydroxylation is 3. The molecular formula is C31H25N3O3S2. The quantitative estimate of drug-likeness (QED) is 0.136. The predicted molar refractivity (Wildman–Crippen MR) is 161 cm³/mol. The number of hydrogen-bond donors (Lipinski definition) is 0. The summed E-state index contributed by atoms with van der Waals surface area (Å²) >= 11 is 2.60. The van der Waals surface area contributed by atoms with Crippen LogP contribution in [0.2, 0.25) is 0 Å². The van der Waals surface area contributed by atoms with Crippen molar-refractivity contribution >= 4 is 57.7 Å². The number of hydrogen-bond acceptors (Lipinski definition) is 6. The third-order valence-corrected chi connectivity index (χ3v) is 8.13. The fraction of sp³-hybridized carbons (Fsp3) is 0.0968. The molecule has 1 aliphatic rings. The SMILES string of the molecule is Cc1ccc(N=C2S/C(=C\c3ccc(Sc4ccc(C)cc4)c([N+](=O)[O-])c3)C(=O)N2c2ccc(C)cc2)cc1. The molecule has 194 valence electrons. The van der Waals surface area contributed by atoms with E-state index in [1.165, 1.54) is 29.6 Å². The van der Waals surface area contributed by atoms with Crippen molar-refractivity contribution in [1.29, 1.82) is 0 Å². The highest BCUT2D eigenvalue weighted by atomic mass is 32.2. The van der Waals surface area contributed by atoms with Crippen LogP contribution in [0.1, 0.15) is 22.3 Å². The maximum atomic E-state index is 13.6. The van der Waals surface area contributed by atoms with E-state index in [0.717, 1.165) is 27.3 Å². The minimum absolute atomic E-state index is 0.00527. The lowest BCUT2D eigenvalue weighted by Crippen LogP contribution is -2.28. The molecule has 0 saturated carbocycles. The first kappa shape index (κ1) is 26.5. The van der Waals surface area contributed by atoms with Gasteiger partial charge in [-0.2, -0.15) is 0 Å². The van der Waals surface area contributed by atoms with Gasteiger partial charge in [-0.25, -0.2) is 4.99 Å². The molecule has 1 heterocycles. The first-order valence-electron chi connectivity index (χ1n) is 12.3.